The number of rotatable bonds is 12. The second-order valence-corrected chi connectivity index (χ2v) is 13.1. The number of nitrogens with zero attached hydrogens (tertiary/aromatic N) is 5. The van der Waals surface area contributed by atoms with Crippen LogP contribution in [0.4, 0.5) is 19.0 Å². The van der Waals surface area contributed by atoms with Crippen molar-refractivity contribution in [2.75, 3.05) is 31.3 Å². The number of hydrogen-bond donors (Lipinski definition) is 2. The number of nitrogens with one attached hydrogen (secondary N) is 2. The zero-order chi connectivity index (χ0) is 31.8. The molecule has 1 amide bonds. The number of hydrogen-bond acceptors (Lipinski definition) is 10. The molecule has 0 unspecified atom stereocenters. The Hall–Kier alpha value is -3.92. The minimum atomic E-state index is -4.36. The van der Waals surface area contributed by atoms with Gasteiger partial charge in [0.15, 0.2) is 10.8 Å². The highest BCUT2D eigenvalue weighted by atomic mass is 32.2. The fraction of sp³-hybridized carbons (Fsp3) is 0.500. The van der Waals surface area contributed by atoms with Gasteiger partial charge in [0.05, 0.1) is 30.9 Å². The van der Waals surface area contributed by atoms with Crippen molar-refractivity contribution in [2.24, 2.45) is 5.41 Å². The Kier molecular flexibility index (Phi) is 8.50. The van der Waals surface area contributed by atoms with Crippen LogP contribution in [-0.4, -0.2) is 72.2 Å². The van der Waals surface area contributed by atoms with Crippen LogP contribution in [0.3, 0.4) is 0 Å². The molecule has 12 nitrogen and oxygen atoms in total. The van der Waals surface area contributed by atoms with Crippen molar-refractivity contribution in [3.63, 3.8) is 0 Å². The first-order valence-corrected chi connectivity index (χ1v) is 15.6. The van der Waals surface area contributed by atoms with E-state index < -0.39 is 33.1 Å². The number of halogens is 3. The lowest BCUT2D eigenvalue weighted by Crippen LogP contribution is -2.42. The standard InChI is InChI=1S/C28H34F3N7O5S/c1-4-15-42-21-6-5-7-23(34-21)44(40,41)36-25(39)19-8-9-20(33-24(19)37-18-32-17-26(37,2)3)38-14-10-22(35-38)43-16-13-27(11-12-27)28(29,30)31/h5-10,14,32H,4,11-13,15-18H2,1-3H3,(H,36,39). The largest absolute Gasteiger partial charge is 0.478 e. The van der Waals surface area contributed by atoms with Crippen LogP contribution in [0, 0.1) is 5.41 Å². The highest BCUT2D eigenvalue weighted by molar-refractivity contribution is 7.90. The summed E-state index contributed by atoms with van der Waals surface area (Å²) in [5, 5.41) is 7.14. The Morgan fingerprint density at radius 1 is 1.07 bits per heavy atom. The molecular formula is C28H34F3N7O5S. The highest BCUT2D eigenvalue weighted by Gasteiger charge is 2.62. The molecule has 0 bridgehead atoms. The summed E-state index contributed by atoms with van der Waals surface area (Å²) in [6, 6.07) is 8.69. The van der Waals surface area contributed by atoms with Gasteiger partial charge in [-0.2, -0.15) is 26.6 Å². The van der Waals surface area contributed by atoms with Crippen molar-refractivity contribution < 1.29 is 35.9 Å². The van der Waals surface area contributed by atoms with Crippen LogP contribution >= 0.6 is 0 Å². The molecule has 5 rings (SSSR count). The molecule has 1 aliphatic heterocycles. The van der Waals surface area contributed by atoms with E-state index in [2.05, 4.69) is 25.1 Å². The Balaban J connectivity index is 1.37. The topological polar surface area (TPSA) is 141 Å². The SMILES string of the molecule is CCCOc1cccc(S(=O)(=O)NC(=O)c2ccc(-n3ccc(OCCC4(C(F)(F)F)CC4)n3)nc2N2CNCC2(C)C)n1. The first kappa shape index (κ1) is 31.5. The smallest absolute Gasteiger partial charge is 0.394 e. The molecule has 1 saturated carbocycles. The molecular weight excluding hydrogens is 603 g/mol. The molecule has 44 heavy (non-hydrogen) atoms. The Morgan fingerprint density at radius 2 is 1.82 bits per heavy atom. The van der Waals surface area contributed by atoms with Crippen molar-refractivity contribution in [3.8, 4) is 17.6 Å². The summed E-state index contributed by atoms with van der Waals surface area (Å²) in [6.45, 7) is 6.91. The van der Waals surface area contributed by atoms with Gasteiger partial charge in [0, 0.05) is 30.4 Å². The zero-order valence-electron chi connectivity index (χ0n) is 24.5. The third-order valence-corrected chi connectivity index (χ3v) is 8.89. The van der Waals surface area contributed by atoms with E-state index in [1.165, 1.54) is 47.3 Å². The number of carbonyl (C=O) groups excluding carboxylic acids is 1. The second-order valence-electron chi connectivity index (χ2n) is 11.4. The van der Waals surface area contributed by atoms with E-state index in [4.69, 9.17) is 9.47 Å². The second kappa shape index (κ2) is 11.9. The van der Waals surface area contributed by atoms with Crippen LogP contribution in [0.25, 0.3) is 5.82 Å². The lowest BCUT2D eigenvalue weighted by atomic mass is 10.0. The monoisotopic (exact) mass is 637 g/mol. The van der Waals surface area contributed by atoms with Crippen molar-refractivity contribution >= 4 is 21.7 Å². The maximum absolute atomic E-state index is 13.4. The van der Waals surface area contributed by atoms with Gasteiger partial charge >= 0.3 is 6.18 Å². The summed E-state index contributed by atoms with van der Waals surface area (Å²) < 4.78 is 80.3. The van der Waals surface area contributed by atoms with Gasteiger partial charge in [-0.3, -0.25) is 10.1 Å². The van der Waals surface area contributed by atoms with Crippen LogP contribution < -0.4 is 24.4 Å². The lowest BCUT2D eigenvalue weighted by molar-refractivity contribution is -0.190. The molecule has 238 valence electrons. The summed E-state index contributed by atoms with van der Waals surface area (Å²) in [6.07, 6.45) is -1.97. The van der Waals surface area contributed by atoms with Gasteiger partial charge in [-0.05, 0) is 57.7 Å². The minimum Gasteiger partial charge on any atom is -0.478 e. The number of carbonyl (C=O) groups is 1. The predicted molar refractivity (Wildman–Crippen MR) is 153 cm³/mol. The molecule has 3 aromatic rings. The number of aromatic nitrogens is 4. The first-order valence-electron chi connectivity index (χ1n) is 14.2. The van der Waals surface area contributed by atoms with Gasteiger partial charge in [0.25, 0.3) is 15.9 Å². The fourth-order valence-corrected chi connectivity index (χ4v) is 5.77. The van der Waals surface area contributed by atoms with Crippen LogP contribution in [0.2, 0.25) is 0 Å². The molecule has 16 heteroatoms. The van der Waals surface area contributed by atoms with Crippen molar-refractivity contribution in [1.82, 2.24) is 29.8 Å². The number of alkyl halides is 3. The van der Waals surface area contributed by atoms with E-state index in [1.54, 1.807) is 0 Å². The summed E-state index contributed by atoms with van der Waals surface area (Å²) in [5.41, 5.74) is -2.16. The van der Waals surface area contributed by atoms with E-state index in [0.717, 1.165) is 0 Å². The molecule has 1 aliphatic carbocycles. The van der Waals surface area contributed by atoms with Gasteiger partial charge in [-0.25, -0.2) is 14.4 Å². The van der Waals surface area contributed by atoms with Crippen molar-refractivity contribution in [3.05, 3.63) is 48.2 Å². The van der Waals surface area contributed by atoms with E-state index in [9.17, 15) is 26.4 Å². The molecule has 2 N–H and O–H groups in total. The normalized spacial score (nSPS) is 17.4. The molecule has 0 spiro atoms. The quantitative estimate of drug-likeness (QED) is 0.301. The zero-order valence-corrected chi connectivity index (χ0v) is 25.3. The highest BCUT2D eigenvalue weighted by Crippen LogP contribution is 2.59. The Morgan fingerprint density at radius 3 is 2.48 bits per heavy atom. The van der Waals surface area contributed by atoms with Gasteiger partial charge < -0.3 is 14.4 Å². The average molecular weight is 638 g/mol. The minimum absolute atomic E-state index is 0.00185. The van der Waals surface area contributed by atoms with E-state index in [0.29, 0.717) is 26.2 Å². The van der Waals surface area contributed by atoms with Crippen molar-refractivity contribution in [1.29, 1.82) is 0 Å². The van der Waals surface area contributed by atoms with Crippen LogP contribution in [0.15, 0.2) is 47.6 Å². The first-order chi connectivity index (χ1) is 20.7. The molecule has 2 fully saturated rings. The number of anilines is 1. The summed E-state index contributed by atoms with van der Waals surface area (Å²) >= 11 is 0. The maximum atomic E-state index is 13.4. The molecule has 0 radical (unpaired) electrons. The Bertz CT molecular complexity index is 1620. The molecule has 3 aromatic heterocycles. The fourth-order valence-electron chi connectivity index (χ4n) is 4.84. The summed E-state index contributed by atoms with van der Waals surface area (Å²) in [4.78, 5) is 24.0. The van der Waals surface area contributed by atoms with E-state index in [1.807, 2.05) is 25.7 Å². The van der Waals surface area contributed by atoms with Gasteiger partial charge in [-0.1, -0.05) is 13.0 Å². The number of amides is 1. The third-order valence-electron chi connectivity index (χ3n) is 7.66. The van der Waals surface area contributed by atoms with Gasteiger partial charge in [0.2, 0.25) is 11.8 Å². The average Bonchev–Trinajstić information content (AvgIpc) is 3.48. The predicted octanol–water partition coefficient (Wildman–Crippen LogP) is 3.83. The van der Waals surface area contributed by atoms with Gasteiger partial charge in [-0.15, -0.1) is 5.10 Å². The van der Waals surface area contributed by atoms with E-state index >= 15 is 0 Å². The Labute approximate surface area is 253 Å². The maximum Gasteiger partial charge on any atom is 0.394 e. The van der Waals surface area contributed by atoms with E-state index in [-0.39, 0.29) is 59.9 Å². The number of ether oxygens (including phenoxy) is 2. The third kappa shape index (κ3) is 6.60. The summed E-state index contributed by atoms with van der Waals surface area (Å²) in [7, 11) is -4.36. The number of sulfonamides is 1. The van der Waals surface area contributed by atoms with Crippen LogP contribution in [0.1, 0.15) is 56.8 Å². The molecule has 1 saturated heterocycles. The van der Waals surface area contributed by atoms with Crippen molar-refractivity contribution in [2.45, 2.75) is 63.2 Å². The van der Waals surface area contributed by atoms with Crippen LogP contribution in [0.5, 0.6) is 11.8 Å². The van der Waals surface area contributed by atoms with Gasteiger partial charge in [0.1, 0.15) is 5.82 Å². The van der Waals surface area contributed by atoms with Crippen LogP contribution in [-0.2, 0) is 10.0 Å². The summed E-state index contributed by atoms with van der Waals surface area (Å²) in [5.74, 6) is -0.175. The molecule has 0 aromatic carbocycles. The lowest BCUT2D eigenvalue weighted by Gasteiger charge is -2.32. The molecule has 0 atom stereocenters. The molecule has 4 heterocycles. The number of pyridine rings is 2. The molecule has 2 aliphatic rings.